The van der Waals surface area contributed by atoms with Crippen molar-refractivity contribution >= 4 is 23.4 Å². The Morgan fingerprint density at radius 2 is 1.44 bits per heavy atom. The second-order valence-electron chi connectivity index (χ2n) is 11.3. The highest BCUT2D eigenvalue weighted by Gasteiger charge is 2.57. The average Bonchev–Trinajstić information content (AvgIpc) is 2.65. The van der Waals surface area contributed by atoms with E-state index in [-0.39, 0.29) is 6.42 Å². The molecule has 0 radical (unpaired) electrons. The van der Waals surface area contributed by atoms with Gasteiger partial charge in [-0.3, -0.25) is 14.4 Å². The third-order valence-corrected chi connectivity index (χ3v) is 6.00. The number of Topliss-reactive ketones (excluding diaryl/α,β-unsaturated/α-hetero) is 1. The zero-order valence-corrected chi connectivity index (χ0v) is 22.1. The molecule has 2 rings (SSSR count). The van der Waals surface area contributed by atoms with Crippen LogP contribution in [0.2, 0.25) is 0 Å². The Hall–Kier alpha value is -2.41. The average molecular weight is 476 g/mol. The molecule has 0 bridgehead atoms. The van der Waals surface area contributed by atoms with Gasteiger partial charge >= 0.3 is 11.9 Å². The molecule has 1 fully saturated rings. The quantitative estimate of drug-likeness (QED) is 0.485. The van der Waals surface area contributed by atoms with Crippen molar-refractivity contribution in [3.63, 3.8) is 0 Å². The summed E-state index contributed by atoms with van der Waals surface area (Å²) in [5.41, 5.74) is -1.69. The fourth-order valence-corrected chi connectivity index (χ4v) is 4.64. The summed E-state index contributed by atoms with van der Waals surface area (Å²) >= 11 is 0. The van der Waals surface area contributed by atoms with E-state index >= 15 is 0 Å². The molecule has 0 spiro atoms. The molecule has 1 aliphatic carbocycles. The first kappa shape index (κ1) is 27.8. The SMILES string of the molecule is CCN(CC)c1ccc(C2C(C(=O)OC(C)(C)C)C(=O)CC(C)(O)C2C(=O)OC(C)(C)C)cc1. The smallest absolute Gasteiger partial charge is 0.317 e. The van der Waals surface area contributed by atoms with Gasteiger partial charge in [0.25, 0.3) is 0 Å². The zero-order chi connectivity index (χ0) is 26.1. The minimum Gasteiger partial charge on any atom is -0.460 e. The summed E-state index contributed by atoms with van der Waals surface area (Å²) in [5, 5.41) is 11.3. The maximum absolute atomic E-state index is 13.4. The van der Waals surface area contributed by atoms with Crippen LogP contribution < -0.4 is 4.90 Å². The summed E-state index contributed by atoms with van der Waals surface area (Å²) in [7, 11) is 0. The Kier molecular flexibility index (Phi) is 8.24. The molecule has 1 N–H and O–H groups in total. The van der Waals surface area contributed by atoms with Gasteiger partial charge in [0.15, 0.2) is 5.78 Å². The Bertz CT molecular complexity index is 887. The second-order valence-corrected chi connectivity index (χ2v) is 11.3. The fraction of sp³-hybridized carbons (Fsp3) is 0.667. The van der Waals surface area contributed by atoms with E-state index < -0.39 is 52.3 Å². The van der Waals surface area contributed by atoms with Crippen LogP contribution in [0.3, 0.4) is 0 Å². The molecule has 4 atom stereocenters. The minimum absolute atomic E-state index is 0.338. The maximum atomic E-state index is 13.4. The van der Waals surface area contributed by atoms with Crippen LogP contribution in [0.1, 0.15) is 80.2 Å². The molecular weight excluding hydrogens is 434 g/mol. The summed E-state index contributed by atoms with van der Waals surface area (Å²) < 4.78 is 11.2. The lowest BCUT2D eigenvalue weighted by Crippen LogP contribution is -2.56. The number of hydrogen-bond donors (Lipinski definition) is 1. The van der Waals surface area contributed by atoms with Crippen molar-refractivity contribution in [1.29, 1.82) is 0 Å². The summed E-state index contributed by atoms with van der Waals surface area (Å²) in [5.74, 6) is -5.06. The van der Waals surface area contributed by atoms with Crippen molar-refractivity contribution in [3.05, 3.63) is 29.8 Å². The normalized spacial score (nSPS) is 25.6. The Balaban J connectivity index is 2.64. The van der Waals surface area contributed by atoms with Crippen molar-refractivity contribution in [2.75, 3.05) is 18.0 Å². The number of carbonyl (C=O) groups excluding carboxylic acids is 3. The van der Waals surface area contributed by atoms with E-state index in [0.29, 0.717) is 5.56 Å². The lowest BCUT2D eigenvalue weighted by atomic mass is 9.61. The number of carbonyl (C=O) groups is 3. The molecular formula is C27H41NO6. The Morgan fingerprint density at radius 1 is 0.971 bits per heavy atom. The largest absolute Gasteiger partial charge is 0.460 e. The standard InChI is InChI=1S/C27H41NO6/c1-10-28(11-2)18-14-12-17(13-15-18)20-21(23(30)33-25(3,4)5)19(29)16-27(9,32)22(20)24(31)34-26(6,7)8/h12-15,20-22,32H,10-11,16H2,1-9H3. The van der Waals surface area contributed by atoms with Crippen LogP contribution in [0.5, 0.6) is 0 Å². The van der Waals surface area contributed by atoms with E-state index in [9.17, 15) is 19.5 Å². The molecule has 0 aromatic heterocycles. The number of benzene rings is 1. The molecule has 34 heavy (non-hydrogen) atoms. The van der Waals surface area contributed by atoms with Gasteiger partial charge in [-0.2, -0.15) is 0 Å². The van der Waals surface area contributed by atoms with Crippen LogP contribution in [0, 0.1) is 11.8 Å². The van der Waals surface area contributed by atoms with Crippen LogP contribution in [-0.2, 0) is 23.9 Å². The number of anilines is 1. The number of ketones is 1. The third kappa shape index (κ3) is 6.59. The Morgan fingerprint density at radius 3 is 1.88 bits per heavy atom. The Labute approximate surface area is 203 Å². The van der Waals surface area contributed by atoms with E-state index in [1.54, 1.807) is 41.5 Å². The van der Waals surface area contributed by atoms with Crippen LogP contribution in [0.4, 0.5) is 5.69 Å². The number of rotatable bonds is 6. The first-order chi connectivity index (χ1) is 15.5. The van der Waals surface area contributed by atoms with Gasteiger partial charge < -0.3 is 19.5 Å². The van der Waals surface area contributed by atoms with Gasteiger partial charge in [0.1, 0.15) is 17.1 Å². The maximum Gasteiger partial charge on any atom is 0.317 e. The van der Waals surface area contributed by atoms with E-state index in [4.69, 9.17) is 9.47 Å². The molecule has 1 aromatic carbocycles. The van der Waals surface area contributed by atoms with Crippen LogP contribution in [0.15, 0.2) is 24.3 Å². The topological polar surface area (TPSA) is 93.1 Å². The number of esters is 2. The van der Waals surface area contributed by atoms with Crippen LogP contribution >= 0.6 is 0 Å². The van der Waals surface area contributed by atoms with E-state index in [1.165, 1.54) is 6.92 Å². The number of nitrogens with zero attached hydrogens (tertiary/aromatic N) is 1. The highest BCUT2D eigenvalue weighted by Crippen LogP contribution is 2.47. The van der Waals surface area contributed by atoms with Crippen molar-refractivity contribution < 1.29 is 29.0 Å². The molecule has 1 aromatic rings. The van der Waals surface area contributed by atoms with Crippen LogP contribution in [-0.4, -0.2) is 52.7 Å². The number of hydrogen-bond acceptors (Lipinski definition) is 7. The predicted octanol–water partition coefficient (Wildman–Crippen LogP) is 4.26. The van der Waals surface area contributed by atoms with Gasteiger partial charge in [-0.25, -0.2) is 0 Å². The molecule has 1 aliphatic rings. The molecule has 190 valence electrons. The first-order valence-corrected chi connectivity index (χ1v) is 12.1. The van der Waals surface area contributed by atoms with Crippen LogP contribution in [0.25, 0.3) is 0 Å². The van der Waals surface area contributed by atoms with E-state index in [1.807, 2.05) is 24.3 Å². The number of ether oxygens (including phenoxy) is 2. The molecule has 7 nitrogen and oxygen atoms in total. The van der Waals surface area contributed by atoms with Crippen molar-refractivity contribution in [2.24, 2.45) is 11.8 Å². The first-order valence-electron chi connectivity index (χ1n) is 12.1. The van der Waals surface area contributed by atoms with Gasteiger partial charge in [-0.1, -0.05) is 12.1 Å². The van der Waals surface area contributed by atoms with Crippen molar-refractivity contribution in [2.45, 2.75) is 91.5 Å². The van der Waals surface area contributed by atoms with E-state index in [2.05, 4.69) is 18.7 Å². The molecule has 7 heteroatoms. The zero-order valence-electron chi connectivity index (χ0n) is 22.1. The molecule has 0 aliphatic heterocycles. The molecule has 1 saturated carbocycles. The molecule has 0 heterocycles. The highest BCUT2D eigenvalue weighted by molar-refractivity contribution is 6.03. The van der Waals surface area contributed by atoms with Gasteiger partial charge in [-0.05, 0) is 80.0 Å². The highest BCUT2D eigenvalue weighted by atomic mass is 16.6. The van der Waals surface area contributed by atoms with Gasteiger partial charge in [0.2, 0.25) is 0 Å². The fourth-order valence-electron chi connectivity index (χ4n) is 4.64. The van der Waals surface area contributed by atoms with Gasteiger partial charge in [-0.15, -0.1) is 0 Å². The predicted molar refractivity (Wildman–Crippen MR) is 132 cm³/mol. The lowest BCUT2D eigenvalue weighted by Gasteiger charge is -2.44. The molecule has 0 amide bonds. The van der Waals surface area contributed by atoms with Gasteiger partial charge in [0, 0.05) is 31.1 Å². The minimum atomic E-state index is -1.68. The molecule has 4 unspecified atom stereocenters. The third-order valence-electron chi connectivity index (χ3n) is 6.00. The second kappa shape index (κ2) is 10.1. The van der Waals surface area contributed by atoms with E-state index in [0.717, 1.165) is 18.8 Å². The number of aliphatic hydroxyl groups is 1. The van der Waals surface area contributed by atoms with Crippen molar-refractivity contribution in [1.82, 2.24) is 0 Å². The summed E-state index contributed by atoms with van der Waals surface area (Å²) in [6.07, 6.45) is -0.338. The molecule has 0 saturated heterocycles. The summed E-state index contributed by atoms with van der Waals surface area (Å²) in [6, 6.07) is 7.46. The summed E-state index contributed by atoms with van der Waals surface area (Å²) in [6.45, 7) is 17.7. The lowest BCUT2D eigenvalue weighted by molar-refractivity contribution is -0.182. The van der Waals surface area contributed by atoms with Gasteiger partial charge in [0.05, 0.1) is 11.5 Å². The summed E-state index contributed by atoms with van der Waals surface area (Å²) in [4.78, 5) is 42.0. The van der Waals surface area contributed by atoms with Crippen molar-refractivity contribution in [3.8, 4) is 0 Å². The monoisotopic (exact) mass is 475 g/mol.